The molecule has 2 heterocycles. The van der Waals surface area contributed by atoms with Crippen LogP contribution in [-0.4, -0.2) is 30.0 Å². The van der Waals surface area contributed by atoms with E-state index in [1.165, 1.54) is 12.3 Å². The molecule has 4 rings (SSSR count). The fraction of sp³-hybridized carbons (Fsp3) is 0.200. The molecule has 6 nitrogen and oxygen atoms in total. The van der Waals surface area contributed by atoms with Gasteiger partial charge in [0.1, 0.15) is 17.2 Å². The van der Waals surface area contributed by atoms with Crippen molar-refractivity contribution in [1.82, 2.24) is 15.6 Å². The van der Waals surface area contributed by atoms with Crippen LogP contribution < -0.4 is 16.0 Å². The molecule has 1 aliphatic rings. The second-order valence-electron chi connectivity index (χ2n) is 6.49. The SMILES string of the molecule is O=C(N[C@@H]1CCNC1)c1ccc(Nc2cnc(-c3c(F)cccc3F)o2)cc1. The molecule has 1 saturated heterocycles. The molecule has 1 fully saturated rings. The molecule has 8 heteroatoms. The van der Waals surface area contributed by atoms with Gasteiger partial charge >= 0.3 is 0 Å². The highest BCUT2D eigenvalue weighted by molar-refractivity contribution is 5.94. The molecule has 0 radical (unpaired) electrons. The summed E-state index contributed by atoms with van der Waals surface area (Å²) >= 11 is 0. The van der Waals surface area contributed by atoms with Crippen LogP contribution in [-0.2, 0) is 0 Å². The first-order chi connectivity index (χ1) is 13.6. The van der Waals surface area contributed by atoms with Crippen LogP contribution in [0.1, 0.15) is 16.8 Å². The Kier molecular flexibility index (Phi) is 5.03. The molecule has 1 atom stereocenters. The van der Waals surface area contributed by atoms with E-state index in [2.05, 4.69) is 20.9 Å². The van der Waals surface area contributed by atoms with E-state index in [0.717, 1.165) is 31.6 Å². The number of hydrogen-bond acceptors (Lipinski definition) is 5. The normalized spacial score (nSPS) is 16.1. The van der Waals surface area contributed by atoms with Crippen molar-refractivity contribution in [3.8, 4) is 11.5 Å². The number of amides is 1. The highest BCUT2D eigenvalue weighted by Crippen LogP contribution is 2.28. The Morgan fingerprint density at radius 2 is 1.89 bits per heavy atom. The fourth-order valence-corrected chi connectivity index (χ4v) is 3.04. The summed E-state index contributed by atoms with van der Waals surface area (Å²) < 4.78 is 33.1. The highest BCUT2D eigenvalue weighted by atomic mass is 19.1. The van der Waals surface area contributed by atoms with Gasteiger partial charge in [-0.3, -0.25) is 4.79 Å². The Balaban J connectivity index is 1.44. The maximum Gasteiger partial charge on any atom is 0.251 e. The third-order valence-corrected chi connectivity index (χ3v) is 4.49. The standard InChI is InChI=1S/C20H18F2N4O2/c21-15-2-1-3-16(22)18(15)20-24-11-17(28-20)25-13-6-4-12(5-7-13)19(27)26-14-8-9-23-10-14/h1-7,11,14,23,25H,8-10H2,(H,26,27)/t14-/m1/s1. The van der Waals surface area contributed by atoms with Crippen molar-refractivity contribution in [2.45, 2.75) is 12.5 Å². The van der Waals surface area contributed by atoms with Gasteiger partial charge in [-0.25, -0.2) is 13.8 Å². The van der Waals surface area contributed by atoms with Gasteiger partial charge in [0.25, 0.3) is 5.91 Å². The van der Waals surface area contributed by atoms with Crippen molar-refractivity contribution in [2.75, 3.05) is 18.4 Å². The van der Waals surface area contributed by atoms with E-state index >= 15 is 0 Å². The van der Waals surface area contributed by atoms with Crippen LogP contribution in [0.25, 0.3) is 11.5 Å². The van der Waals surface area contributed by atoms with Crippen LogP contribution in [0.3, 0.4) is 0 Å². The largest absolute Gasteiger partial charge is 0.420 e. The number of hydrogen-bond donors (Lipinski definition) is 3. The molecule has 2 aromatic carbocycles. The lowest BCUT2D eigenvalue weighted by Crippen LogP contribution is -2.36. The molecule has 144 valence electrons. The minimum absolute atomic E-state index is 0.128. The second kappa shape index (κ2) is 7.77. The number of benzene rings is 2. The van der Waals surface area contributed by atoms with Gasteiger partial charge in [0.05, 0.1) is 6.20 Å². The van der Waals surface area contributed by atoms with E-state index in [1.807, 2.05) is 0 Å². The number of nitrogens with zero attached hydrogens (tertiary/aromatic N) is 1. The maximum absolute atomic E-state index is 13.8. The zero-order valence-corrected chi connectivity index (χ0v) is 14.8. The maximum atomic E-state index is 13.8. The molecule has 1 aliphatic heterocycles. The molecule has 1 amide bonds. The van der Waals surface area contributed by atoms with Crippen LogP contribution in [0.5, 0.6) is 0 Å². The summed E-state index contributed by atoms with van der Waals surface area (Å²) in [7, 11) is 0. The van der Waals surface area contributed by atoms with Gasteiger partial charge in [0, 0.05) is 23.8 Å². The van der Waals surface area contributed by atoms with Crippen molar-refractivity contribution < 1.29 is 18.0 Å². The third-order valence-electron chi connectivity index (χ3n) is 4.49. The summed E-state index contributed by atoms with van der Waals surface area (Å²) in [5.74, 6) is -1.55. The lowest BCUT2D eigenvalue weighted by molar-refractivity contribution is 0.0940. The number of carbonyl (C=O) groups excluding carboxylic acids is 1. The van der Waals surface area contributed by atoms with Gasteiger partial charge in [0.2, 0.25) is 11.8 Å². The zero-order valence-electron chi connectivity index (χ0n) is 14.8. The summed E-state index contributed by atoms with van der Waals surface area (Å²) in [4.78, 5) is 16.2. The van der Waals surface area contributed by atoms with Gasteiger partial charge in [-0.1, -0.05) is 6.07 Å². The quantitative estimate of drug-likeness (QED) is 0.628. The van der Waals surface area contributed by atoms with E-state index in [-0.39, 0.29) is 29.3 Å². The Bertz CT molecular complexity index is 962. The molecule has 0 unspecified atom stereocenters. The van der Waals surface area contributed by atoms with Crippen molar-refractivity contribution in [1.29, 1.82) is 0 Å². The predicted octanol–water partition coefficient (Wildman–Crippen LogP) is 3.46. The Labute approximate surface area is 160 Å². The number of nitrogens with one attached hydrogen (secondary N) is 3. The fourth-order valence-electron chi connectivity index (χ4n) is 3.04. The average molecular weight is 384 g/mol. The van der Waals surface area contributed by atoms with Crippen molar-refractivity contribution in [2.24, 2.45) is 0 Å². The molecular formula is C20H18F2N4O2. The van der Waals surface area contributed by atoms with E-state index in [4.69, 9.17) is 4.42 Å². The molecule has 0 bridgehead atoms. The molecule has 0 spiro atoms. The van der Waals surface area contributed by atoms with Crippen molar-refractivity contribution in [3.63, 3.8) is 0 Å². The van der Waals surface area contributed by atoms with E-state index < -0.39 is 11.6 Å². The number of carbonyl (C=O) groups is 1. The average Bonchev–Trinajstić information content (AvgIpc) is 3.35. The topological polar surface area (TPSA) is 79.2 Å². The summed E-state index contributed by atoms with van der Waals surface area (Å²) in [5.41, 5.74) is 0.879. The van der Waals surface area contributed by atoms with E-state index in [9.17, 15) is 13.6 Å². The molecule has 3 aromatic rings. The van der Waals surface area contributed by atoms with Gasteiger partial charge in [-0.15, -0.1) is 0 Å². The van der Waals surface area contributed by atoms with Gasteiger partial charge in [-0.05, 0) is 49.4 Å². The second-order valence-corrected chi connectivity index (χ2v) is 6.49. The lowest BCUT2D eigenvalue weighted by Gasteiger charge is -2.11. The first kappa shape index (κ1) is 18.1. The van der Waals surface area contributed by atoms with Crippen molar-refractivity contribution in [3.05, 3.63) is 65.9 Å². The Morgan fingerprint density at radius 3 is 2.57 bits per heavy atom. The molecule has 0 saturated carbocycles. The highest BCUT2D eigenvalue weighted by Gasteiger charge is 2.18. The number of anilines is 2. The summed E-state index contributed by atoms with van der Waals surface area (Å²) in [6.45, 7) is 1.69. The number of rotatable bonds is 5. The number of aromatic nitrogens is 1. The Hall–Kier alpha value is -3.26. The summed E-state index contributed by atoms with van der Waals surface area (Å²) in [6, 6.07) is 10.5. The van der Waals surface area contributed by atoms with Crippen molar-refractivity contribution >= 4 is 17.5 Å². The van der Waals surface area contributed by atoms with E-state index in [1.54, 1.807) is 24.3 Å². The monoisotopic (exact) mass is 384 g/mol. The summed E-state index contributed by atoms with van der Waals surface area (Å²) in [6.07, 6.45) is 2.26. The summed E-state index contributed by atoms with van der Waals surface area (Å²) in [5, 5.41) is 9.13. The van der Waals surface area contributed by atoms with Crippen LogP contribution in [0.15, 0.2) is 53.1 Å². The minimum Gasteiger partial charge on any atom is -0.420 e. The smallest absolute Gasteiger partial charge is 0.251 e. The molecule has 28 heavy (non-hydrogen) atoms. The lowest BCUT2D eigenvalue weighted by atomic mass is 10.1. The van der Waals surface area contributed by atoms with Gasteiger partial charge in [-0.2, -0.15) is 0 Å². The van der Waals surface area contributed by atoms with Crippen LogP contribution in [0, 0.1) is 11.6 Å². The first-order valence-corrected chi connectivity index (χ1v) is 8.89. The number of oxazole rings is 1. The Morgan fingerprint density at radius 1 is 1.14 bits per heavy atom. The molecular weight excluding hydrogens is 366 g/mol. The number of halogens is 2. The van der Waals surface area contributed by atoms with Crippen LogP contribution in [0.4, 0.5) is 20.4 Å². The minimum atomic E-state index is -0.749. The van der Waals surface area contributed by atoms with Crippen LogP contribution in [0.2, 0.25) is 0 Å². The van der Waals surface area contributed by atoms with E-state index in [0.29, 0.717) is 11.3 Å². The first-order valence-electron chi connectivity index (χ1n) is 8.89. The zero-order chi connectivity index (χ0) is 19.5. The molecule has 3 N–H and O–H groups in total. The predicted molar refractivity (Wildman–Crippen MR) is 100 cm³/mol. The van der Waals surface area contributed by atoms with Gasteiger partial charge < -0.3 is 20.4 Å². The molecule has 1 aromatic heterocycles. The van der Waals surface area contributed by atoms with Gasteiger partial charge in [0.15, 0.2) is 0 Å². The van der Waals surface area contributed by atoms with Crippen LogP contribution >= 0.6 is 0 Å². The molecule has 0 aliphatic carbocycles. The third kappa shape index (κ3) is 3.86.